The maximum atomic E-state index is 12.6. The topological polar surface area (TPSA) is 172 Å². The van der Waals surface area contributed by atoms with Crippen LogP contribution in [-0.2, 0) is 37.5 Å². The summed E-state index contributed by atoms with van der Waals surface area (Å²) in [6, 6.07) is -1.53. The Balaban J connectivity index is 4.50. The molecule has 0 aliphatic carbocycles. The lowest BCUT2D eigenvalue weighted by Gasteiger charge is -2.20. The molecule has 302 valence electrons. The Labute approximate surface area is 314 Å². The van der Waals surface area contributed by atoms with Crippen LogP contribution >= 0.6 is 7.82 Å². The molecule has 0 aliphatic heterocycles. The number of nitrogens with two attached hydrogens (primary N) is 1. The van der Waals surface area contributed by atoms with Crippen molar-refractivity contribution in [3.63, 3.8) is 0 Å². The smallest absolute Gasteiger partial charge is 0.472 e. The molecule has 0 aromatic carbocycles. The number of allylic oxidation sites excluding steroid dienone is 6. The first-order chi connectivity index (χ1) is 25.1. The summed E-state index contributed by atoms with van der Waals surface area (Å²) < 4.78 is 32.5. The molecule has 3 atom stereocenters. The third-order valence-corrected chi connectivity index (χ3v) is 9.31. The average molecular weight is 758 g/mol. The maximum Gasteiger partial charge on any atom is 0.472 e. The zero-order valence-corrected chi connectivity index (χ0v) is 33.3. The number of carboxylic acids is 1. The lowest BCUT2D eigenvalue weighted by atomic mass is 10.1. The van der Waals surface area contributed by atoms with Crippen molar-refractivity contribution in [2.24, 2.45) is 5.73 Å². The first-order valence-electron chi connectivity index (χ1n) is 20.0. The monoisotopic (exact) mass is 757 g/mol. The Bertz CT molecular complexity index is 1030. The van der Waals surface area contributed by atoms with Crippen molar-refractivity contribution in [2.45, 2.75) is 180 Å². The second-order valence-corrected chi connectivity index (χ2v) is 14.9. The molecule has 52 heavy (non-hydrogen) atoms. The van der Waals surface area contributed by atoms with Crippen LogP contribution in [0.15, 0.2) is 36.5 Å². The van der Waals surface area contributed by atoms with Crippen molar-refractivity contribution >= 4 is 25.7 Å². The molecule has 0 heterocycles. The fourth-order valence-corrected chi connectivity index (χ4v) is 5.92. The maximum absolute atomic E-state index is 12.6. The number of phosphoric ester groups is 1. The van der Waals surface area contributed by atoms with Gasteiger partial charge in [0.1, 0.15) is 12.6 Å². The molecule has 11 nitrogen and oxygen atoms in total. The van der Waals surface area contributed by atoms with Crippen LogP contribution in [0.1, 0.15) is 168 Å². The quantitative estimate of drug-likeness (QED) is 0.0238. The van der Waals surface area contributed by atoms with Gasteiger partial charge in [-0.3, -0.25) is 23.4 Å². The molecule has 0 saturated carbocycles. The van der Waals surface area contributed by atoms with E-state index in [-0.39, 0.29) is 19.4 Å². The SMILES string of the molecule is CCCCCCCC/C=C/C/C=C/CCCCC(=O)O[C@H](COC(=O)CCCCC/C=C/CCCCCCCC)COP(=O)(O)OC[C@H](N)C(=O)O. The Hall–Kier alpha value is -2.30. The zero-order chi connectivity index (χ0) is 38.5. The van der Waals surface area contributed by atoms with Crippen molar-refractivity contribution < 1.29 is 47.5 Å². The van der Waals surface area contributed by atoms with Gasteiger partial charge < -0.3 is 25.2 Å². The van der Waals surface area contributed by atoms with Gasteiger partial charge in [-0.1, -0.05) is 121 Å². The molecular formula is C40H72NO10P. The van der Waals surface area contributed by atoms with E-state index in [9.17, 15) is 23.8 Å². The molecule has 0 spiro atoms. The van der Waals surface area contributed by atoms with E-state index < -0.39 is 51.1 Å². The van der Waals surface area contributed by atoms with Crippen molar-refractivity contribution in [2.75, 3.05) is 19.8 Å². The van der Waals surface area contributed by atoms with E-state index in [0.717, 1.165) is 51.4 Å². The standard InChI is InChI=1S/C40H72NO10P/c1-3-5-7-9-11-13-15-17-18-20-22-24-26-28-30-32-39(43)51-36(34-49-52(46,47)50-35-37(41)40(44)45)33-48-38(42)31-29-27-25-23-21-19-16-14-12-10-8-6-4-2/h17-19,21-22,24,36-37H,3-16,20,23,25-35,41H2,1-2H3,(H,44,45)(H,46,47)/b18-17+,21-19+,24-22+/t36-,37+/m1/s1. The molecule has 0 radical (unpaired) electrons. The highest BCUT2D eigenvalue weighted by Crippen LogP contribution is 2.43. The molecule has 0 fully saturated rings. The second kappa shape index (κ2) is 35.7. The number of carbonyl (C=O) groups excluding carboxylic acids is 2. The Kier molecular flexibility index (Phi) is 34.1. The van der Waals surface area contributed by atoms with Gasteiger partial charge in [-0.25, -0.2) is 4.57 Å². The molecule has 4 N–H and O–H groups in total. The summed E-state index contributed by atoms with van der Waals surface area (Å²) in [7, 11) is -4.72. The first-order valence-corrected chi connectivity index (χ1v) is 21.5. The number of hydrogen-bond acceptors (Lipinski definition) is 9. The summed E-state index contributed by atoms with van der Waals surface area (Å²) in [5, 5.41) is 8.86. The van der Waals surface area contributed by atoms with Crippen LogP contribution in [0.5, 0.6) is 0 Å². The largest absolute Gasteiger partial charge is 0.480 e. The summed E-state index contributed by atoms with van der Waals surface area (Å²) in [5.74, 6) is -2.44. The third kappa shape index (κ3) is 34.8. The van der Waals surface area contributed by atoms with E-state index in [1.165, 1.54) is 77.0 Å². The number of carbonyl (C=O) groups is 3. The van der Waals surface area contributed by atoms with Crippen molar-refractivity contribution in [1.82, 2.24) is 0 Å². The molecule has 0 amide bonds. The van der Waals surface area contributed by atoms with Gasteiger partial charge in [-0.2, -0.15) is 0 Å². The summed E-state index contributed by atoms with van der Waals surface area (Å²) in [6.07, 6.45) is 36.5. The number of carboxylic acid groups (broad SMARTS) is 1. The van der Waals surface area contributed by atoms with E-state index in [2.05, 4.69) is 54.8 Å². The van der Waals surface area contributed by atoms with Gasteiger partial charge >= 0.3 is 25.7 Å². The molecule has 0 aliphatic rings. The van der Waals surface area contributed by atoms with Crippen LogP contribution in [0.25, 0.3) is 0 Å². The number of ether oxygens (including phenoxy) is 2. The minimum atomic E-state index is -4.72. The van der Waals surface area contributed by atoms with E-state index in [1.807, 2.05) is 0 Å². The summed E-state index contributed by atoms with van der Waals surface area (Å²) in [5.41, 5.74) is 5.32. The van der Waals surface area contributed by atoms with Crippen molar-refractivity contribution in [3.8, 4) is 0 Å². The summed E-state index contributed by atoms with van der Waals surface area (Å²) in [6.45, 7) is 2.72. The predicted molar refractivity (Wildman–Crippen MR) is 208 cm³/mol. The second-order valence-electron chi connectivity index (χ2n) is 13.4. The third-order valence-electron chi connectivity index (χ3n) is 8.36. The molecule has 0 aromatic heterocycles. The van der Waals surface area contributed by atoms with Crippen LogP contribution in [0, 0.1) is 0 Å². The van der Waals surface area contributed by atoms with E-state index in [4.69, 9.17) is 24.8 Å². The minimum Gasteiger partial charge on any atom is -0.480 e. The normalized spacial score (nSPS) is 14.2. The number of rotatable bonds is 37. The molecule has 0 bridgehead atoms. The fourth-order valence-electron chi connectivity index (χ4n) is 5.15. The highest BCUT2D eigenvalue weighted by molar-refractivity contribution is 7.47. The number of unbranched alkanes of at least 4 members (excludes halogenated alkanes) is 17. The molecule has 12 heteroatoms. The van der Waals surface area contributed by atoms with Crippen LogP contribution in [0.4, 0.5) is 0 Å². The van der Waals surface area contributed by atoms with Crippen LogP contribution in [-0.4, -0.2) is 59.9 Å². The van der Waals surface area contributed by atoms with Crippen molar-refractivity contribution in [3.05, 3.63) is 36.5 Å². The van der Waals surface area contributed by atoms with E-state index in [1.54, 1.807) is 0 Å². The number of phosphoric acid groups is 1. The zero-order valence-electron chi connectivity index (χ0n) is 32.4. The highest BCUT2D eigenvalue weighted by Gasteiger charge is 2.28. The Morgan fingerprint density at radius 3 is 1.56 bits per heavy atom. The van der Waals surface area contributed by atoms with Crippen LogP contribution in [0.2, 0.25) is 0 Å². The van der Waals surface area contributed by atoms with Gasteiger partial charge in [0.25, 0.3) is 0 Å². The van der Waals surface area contributed by atoms with E-state index >= 15 is 0 Å². The molecule has 0 saturated heterocycles. The van der Waals surface area contributed by atoms with Gasteiger partial charge in [-0.05, 0) is 70.6 Å². The van der Waals surface area contributed by atoms with Gasteiger partial charge in [0, 0.05) is 12.8 Å². The molecule has 0 rings (SSSR count). The van der Waals surface area contributed by atoms with Gasteiger partial charge in [0.2, 0.25) is 0 Å². The minimum absolute atomic E-state index is 0.116. The first kappa shape index (κ1) is 49.7. The molecule has 1 unspecified atom stereocenters. The number of aliphatic carboxylic acids is 1. The average Bonchev–Trinajstić information content (AvgIpc) is 3.12. The lowest BCUT2D eigenvalue weighted by Crippen LogP contribution is -2.34. The fraction of sp³-hybridized carbons (Fsp3) is 0.775. The lowest BCUT2D eigenvalue weighted by molar-refractivity contribution is -0.161. The molecular weight excluding hydrogens is 685 g/mol. The van der Waals surface area contributed by atoms with Gasteiger partial charge in [0.05, 0.1) is 13.2 Å². The number of esters is 2. The van der Waals surface area contributed by atoms with Crippen LogP contribution < -0.4 is 5.73 Å². The van der Waals surface area contributed by atoms with E-state index in [0.29, 0.717) is 12.8 Å². The molecule has 0 aromatic rings. The van der Waals surface area contributed by atoms with Gasteiger partial charge in [-0.15, -0.1) is 0 Å². The predicted octanol–water partition coefficient (Wildman–Crippen LogP) is 10.1. The van der Waals surface area contributed by atoms with Crippen LogP contribution in [0.3, 0.4) is 0 Å². The summed E-state index contributed by atoms with van der Waals surface area (Å²) in [4.78, 5) is 45.8. The highest BCUT2D eigenvalue weighted by atomic mass is 31.2. The Morgan fingerprint density at radius 1 is 0.596 bits per heavy atom. The summed E-state index contributed by atoms with van der Waals surface area (Å²) >= 11 is 0. The Morgan fingerprint density at radius 2 is 1.02 bits per heavy atom. The van der Waals surface area contributed by atoms with Gasteiger partial charge in [0.15, 0.2) is 6.10 Å². The number of hydrogen-bond donors (Lipinski definition) is 3. The van der Waals surface area contributed by atoms with Crippen molar-refractivity contribution in [1.29, 1.82) is 0 Å².